The minimum absolute atomic E-state index is 0.415. The van der Waals surface area contributed by atoms with Crippen molar-refractivity contribution in [2.24, 2.45) is 5.73 Å². The first kappa shape index (κ1) is 10.7. The summed E-state index contributed by atoms with van der Waals surface area (Å²) < 4.78 is 10.4. The van der Waals surface area contributed by atoms with E-state index >= 15 is 0 Å². The number of hydrogen-bond donors (Lipinski definition) is 1. The Balaban J connectivity index is 2.03. The number of aromatic nitrogens is 1. The van der Waals surface area contributed by atoms with Crippen LogP contribution >= 0.6 is 0 Å². The van der Waals surface area contributed by atoms with E-state index in [1.54, 1.807) is 6.07 Å². The Morgan fingerprint density at radius 2 is 2.12 bits per heavy atom. The predicted molar refractivity (Wildman–Crippen MR) is 60.0 cm³/mol. The average Bonchev–Trinajstić information content (AvgIpc) is 2.81. The monoisotopic (exact) mass is 218 g/mol. The molecule has 0 unspecified atom stereocenters. The van der Waals surface area contributed by atoms with Gasteiger partial charge in [-0.05, 0) is 24.6 Å². The second-order valence-electron chi connectivity index (χ2n) is 3.43. The van der Waals surface area contributed by atoms with Crippen LogP contribution in [-0.4, -0.2) is 11.7 Å². The number of rotatable bonds is 5. The van der Waals surface area contributed by atoms with Gasteiger partial charge in [-0.2, -0.15) is 0 Å². The normalized spacial score (nSPS) is 10.3. The van der Waals surface area contributed by atoms with Gasteiger partial charge in [0, 0.05) is 6.07 Å². The van der Waals surface area contributed by atoms with Gasteiger partial charge in [0.1, 0.15) is 24.3 Å². The van der Waals surface area contributed by atoms with Crippen molar-refractivity contribution in [3.05, 3.63) is 47.9 Å². The lowest BCUT2D eigenvalue weighted by molar-refractivity contribution is 0.286. The molecule has 84 valence electrons. The van der Waals surface area contributed by atoms with Gasteiger partial charge in [0.25, 0.3) is 0 Å². The van der Waals surface area contributed by atoms with Crippen LogP contribution in [-0.2, 0) is 13.0 Å². The summed E-state index contributed by atoms with van der Waals surface area (Å²) >= 11 is 0. The van der Waals surface area contributed by atoms with Gasteiger partial charge in [0.2, 0.25) is 0 Å². The fourth-order valence-electron chi connectivity index (χ4n) is 1.47. The number of hydrogen-bond acceptors (Lipinski definition) is 4. The Morgan fingerprint density at radius 3 is 2.88 bits per heavy atom. The van der Waals surface area contributed by atoms with Crippen LogP contribution in [0.2, 0.25) is 0 Å². The molecule has 0 radical (unpaired) electrons. The fraction of sp³-hybridized carbons (Fsp3) is 0.250. The third-order valence-corrected chi connectivity index (χ3v) is 2.25. The van der Waals surface area contributed by atoms with E-state index in [0.717, 1.165) is 23.4 Å². The van der Waals surface area contributed by atoms with Crippen LogP contribution in [0.3, 0.4) is 0 Å². The minimum Gasteiger partial charge on any atom is -0.487 e. The van der Waals surface area contributed by atoms with Gasteiger partial charge in [-0.3, -0.25) is 0 Å². The molecule has 4 heteroatoms. The first-order chi connectivity index (χ1) is 7.90. The van der Waals surface area contributed by atoms with Crippen LogP contribution in [0.5, 0.6) is 5.75 Å². The quantitative estimate of drug-likeness (QED) is 0.830. The highest BCUT2D eigenvalue weighted by Crippen LogP contribution is 2.19. The lowest BCUT2D eigenvalue weighted by Gasteiger charge is -2.09. The molecular formula is C12H14N2O2. The van der Waals surface area contributed by atoms with Crippen LogP contribution in [0.1, 0.15) is 11.3 Å². The van der Waals surface area contributed by atoms with Crippen molar-refractivity contribution >= 4 is 0 Å². The summed E-state index contributed by atoms with van der Waals surface area (Å²) in [7, 11) is 0. The molecule has 16 heavy (non-hydrogen) atoms. The maximum Gasteiger partial charge on any atom is 0.134 e. The lowest BCUT2D eigenvalue weighted by atomic mass is 10.1. The molecule has 2 N–H and O–H groups in total. The molecule has 0 aliphatic rings. The van der Waals surface area contributed by atoms with Crippen LogP contribution in [0.15, 0.2) is 41.1 Å². The van der Waals surface area contributed by atoms with Crippen molar-refractivity contribution in [3.63, 3.8) is 0 Å². The van der Waals surface area contributed by atoms with E-state index in [9.17, 15) is 0 Å². The second-order valence-corrected chi connectivity index (χ2v) is 3.43. The molecule has 1 aromatic heterocycles. The van der Waals surface area contributed by atoms with Crippen LogP contribution in [0, 0.1) is 0 Å². The van der Waals surface area contributed by atoms with Crippen molar-refractivity contribution in [2.75, 3.05) is 6.54 Å². The summed E-state index contributed by atoms with van der Waals surface area (Å²) in [6.45, 7) is 1.03. The smallest absolute Gasteiger partial charge is 0.134 e. The fourth-order valence-corrected chi connectivity index (χ4v) is 1.47. The zero-order valence-electron chi connectivity index (χ0n) is 8.93. The number of benzene rings is 1. The Bertz CT molecular complexity index is 426. The molecule has 0 atom stereocenters. The third kappa shape index (κ3) is 2.61. The summed E-state index contributed by atoms with van der Waals surface area (Å²) in [5.74, 6) is 0.857. The van der Waals surface area contributed by atoms with Gasteiger partial charge in [0.15, 0.2) is 0 Å². The predicted octanol–water partition coefficient (Wildman–Crippen LogP) is 1.75. The Kier molecular flexibility index (Phi) is 3.56. The van der Waals surface area contributed by atoms with Gasteiger partial charge in [-0.1, -0.05) is 23.4 Å². The third-order valence-electron chi connectivity index (χ3n) is 2.25. The van der Waals surface area contributed by atoms with Crippen LogP contribution in [0.4, 0.5) is 0 Å². The van der Waals surface area contributed by atoms with Crippen molar-refractivity contribution in [1.29, 1.82) is 0 Å². The molecule has 0 amide bonds. The first-order valence-corrected chi connectivity index (χ1v) is 5.20. The van der Waals surface area contributed by atoms with Crippen molar-refractivity contribution in [2.45, 2.75) is 13.0 Å². The molecule has 0 fully saturated rings. The van der Waals surface area contributed by atoms with Crippen molar-refractivity contribution < 1.29 is 9.26 Å². The summed E-state index contributed by atoms with van der Waals surface area (Å²) in [5, 5.41) is 3.78. The number of para-hydroxylation sites is 1. The van der Waals surface area contributed by atoms with Gasteiger partial charge >= 0.3 is 0 Å². The highest BCUT2D eigenvalue weighted by molar-refractivity contribution is 5.33. The molecule has 2 aromatic rings. The van der Waals surface area contributed by atoms with Crippen molar-refractivity contribution in [3.8, 4) is 5.75 Å². The lowest BCUT2D eigenvalue weighted by Crippen LogP contribution is -2.05. The maximum atomic E-state index is 5.66. The summed E-state index contributed by atoms with van der Waals surface area (Å²) in [6.07, 6.45) is 2.35. The highest BCUT2D eigenvalue weighted by atomic mass is 16.5. The molecule has 2 rings (SSSR count). The van der Waals surface area contributed by atoms with E-state index in [0.29, 0.717) is 13.2 Å². The Hall–Kier alpha value is -1.81. The summed E-state index contributed by atoms with van der Waals surface area (Å²) in [5.41, 5.74) is 7.44. The topological polar surface area (TPSA) is 61.3 Å². The van der Waals surface area contributed by atoms with E-state index in [4.69, 9.17) is 15.0 Å². The van der Waals surface area contributed by atoms with E-state index in [1.807, 2.05) is 24.3 Å². The molecular weight excluding hydrogens is 204 g/mol. The van der Waals surface area contributed by atoms with Crippen LogP contribution < -0.4 is 10.5 Å². The molecule has 0 aliphatic carbocycles. The SMILES string of the molecule is NCCc1ccccc1OCc1ccon1. The Labute approximate surface area is 94.0 Å². The second kappa shape index (κ2) is 5.32. The van der Waals surface area contributed by atoms with Gasteiger partial charge < -0.3 is 15.0 Å². The molecule has 0 spiro atoms. The number of ether oxygens (including phenoxy) is 1. The molecule has 1 aromatic carbocycles. The van der Waals surface area contributed by atoms with E-state index in [-0.39, 0.29) is 0 Å². The van der Waals surface area contributed by atoms with E-state index < -0.39 is 0 Å². The zero-order chi connectivity index (χ0) is 11.2. The molecule has 1 heterocycles. The summed E-state index contributed by atoms with van der Waals surface area (Å²) in [4.78, 5) is 0. The summed E-state index contributed by atoms with van der Waals surface area (Å²) in [6, 6.07) is 9.66. The van der Waals surface area contributed by atoms with Gasteiger partial charge in [-0.15, -0.1) is 0 Å². The molecule has 0 aliphatic heterocycles. The maximum absolute atomic E-state index is 5.66. The van der Waals surface area contributed by atoms with E-state index in [2.05, 4.69) is 5.16 Å². The Morgan fingerprint density at radius 1 is 1.25 bits per heavy atom. The van der Waals surface area contributed by atoms with E-state index in [1.165, 1.54) is 6.26 Å². The molecule has 4 nitrogen and oxygen atoms in total. The first-order valence-electron chi connectivity index (χ1n) is 5.20. The van der Waals surface area contributed by atoms with Gasteiger partial charge in [0.05, 0.1) is 0 Å². The largest absolute Gasteiger partial charge is 0.487 e. The highest BCUT2D eigenvalue weighted by Gasteiger charge is 2.03. The molecule has 0 saturated heterocycles. The van der Waals surface area contributed by atoms with Crippen LogP contribution in [0.25, 0.3) is 0 Å². The average molecular weight is 218 g/mol. The molecule has 0 saturated carbocycles. The minimum atomic E-state index is 0.415. The zero-order valence-corrected chi connectivity index (χ0v) is 8.93. The van der Waals surface area contributed by atoms with Gasteiger partial charge in [-0.25, -0.2) is 0 Å². The van der Waals surface area contributed by atoms with Crippen molar-refractivity contribution in [1.82, 2.24) is 5.16 Å². The number of nitrogens with two attached hydrogens (primary N) is 1. The number of nitrogens with zero attached hydrogens (tertiary/aromatic N) is 1. The standard InChI is InChI=1S/C12H14N2O2/c13-7-5-10-3-1-2-4-12(10)15-9-11-6-8-16-14-11/h1-4,6,8H,5,7,9,13H2. The molecule has 0 bridgehead atoms.